The van der Waals surface area contributed by atoms with E-state index in [2.05, 4.69) is 19.9 Å². The minimum Gasteiger partial charge on any atom is -0.464 e. The molecule has 1 saturated heterocycles. The maximum Gasteiger partial charge on any atom is 0.360 e. The Morgan fingerprint density at radius 2 is 2.35 bits per heavy atom. The molecule has 23 heavy (non-hydrogen) atoms. The largest absolute Gasteiger partial charge is 0.464 e. The van der Waals surface area contributed by atoms with Crippen LogP contribution in [-0.2, 0) is 17.8 Å². The molecule has 1 atom stereocenters. The van der Waals surface area contributed by atoms with E-state index < -0.39 is 5.97 Å². The van der Waals surface area contributed by atoms with Crippen molar-refractivity contribution in [1.82, 2.24) is 19.9 Å². The molecule has 1 fully saturated rings. The molecule has 0 N–H and O–H groups in total. The van der Waals surface area contributed by atoms with Gasteiger partial charge in [-0.05, 0) is 37.0 Å². The minimum atomic E-state index is -0.492. The molecule has 1 aromatic carbocycles. The fraction of sp³-hybridized carbons (Fsp3) is 0.438. The Bertz CT molecular complexity index is 688. The lowest BCUT2D eigenvalue weighted by Gasteiger charge is -2.24. The number of ether oxygens (including phenoxy) is 1. The van der Waals surface area contributed by atoms with Crippen molar-refractivity contribution in [2.24, 2.45) is 0 Å². The molecule has 3 rings (SSSR count). The Morgan fingerprint density at radius 1 is 1.48 bits per heavy atom. The van der Waals surface area contributed by atoms with Crippen molar-refractivity contribution in [2.75, 3.05) is 13.7 Å². The van der Waals surface area contributed by atoms with Gasteiger partial charge in [0, 0.05) is 12.6 Å². The average molecular weight is 318 g/mol. The van der Waals surface area contributed by atoms with E-state index in [4.69, 9.17) is 0 Å². The Morgan fingerprint density at radius 3 is 3.13 bits per heavy atom. The molecule has 0 unspecified atom stereocenters. The molecule has 1 aromatic heterocycles. The van der Waals surface area contributed by atoms with Crippen LogP contribution in [0.4, 0.5) is 4.39 Å². The molecule has 0 radical (unpaired) electrons. The fourth-order valence-corrected chi connectivity index (χ4v) is 3.00. The van der Waals surface area contributed by atoms with Crippen molar-refractivity contribution in [3.05, 3.63) is 47.5 Å². The molecule has 1 aliphatic rings. The molecule has 0 bridgehead atoms. The maximum atomic E-state index is 13.3. The van der Waals surface area contributed by atoms with Crippen LogP contribution in [0, 0.1) is 5.82 Å². The van der Waals surface area contributed by atoms with Gasteiger partial charge in [-0.3, -0.25) is 4.90 Å². The van der Waals surface area contributed by atoms with Gasteiger partial charge in [-0.25, -0.2) is 13.9 Å². The Labute approximate surface area is 133 Å². The van der Waals surface area contributed by atoms with Crippen LogP contribution in [0.5, 0.6) is 0 Å². The first-order chi connectivity index (χ1) is 11.2. The van der Waals surface area contributed by atoms with E-state index in [0.717, 1.165) is 31.4 Å². The molecule has 0 amide bonds. The predicted octanol–water partition coefficient (Wildman–Crippen LogP) is 1.87. The second-order valence-corrected chi connectivity index (χ2v) is 5.72. The number of esters is 1. The summed E-state index contributed by atoms with van der Waals surface area (Å²) in [6.45, 7) is 1.51. The van der Waals surface area contributed by atoms with Crippen LogP contribution in [0.1, 0.15) is 28.9 Å². The van der Waals surface area contributed by atoms with Crippen molar-refractivity contribution >= 4 is 5.97 Å². The van der Waals surface area contributed by atoms with Crippen molar-refractivity contribution in [3.8, 4) is 0 Å². The summed E-state index contributed by atoms with van der Waals surface area (Å²) in [6.07, 6.45) is 4.55. The highest BCUT2D eigenvalue weighted by Crippen LogP contribution is 2.22. The van der Waals surface area contributed by atoms with Gasteiger partial charge in [-0.15, -0.1) is 5.10 Å². The first-order valence-corrected chi connectivity index (χ1v) is 7.62. The van der Waals surface area contributed by atoms with Gasteiger partial charge >= 0.3 is 5.97 Å². The highest BCUT2D eigenvalue weighted by molar-refractivity contribution is 5.86. The SMILES string of the molecule is COC(=O)c1cn(CN2CCC[C@H]2Cc2cccc(F)c2)nn1. The molecule has 122 valence electrons. The number of likely N-dealkylation sites (tertiary alicyclic amines) is 1. The molecule has 2 aromatic rings. The predicted molar refractivity (Wildman–Crippen MR) is 81.2 cm³/mol. The molecule has 6 nitrogen and oxygen atoms in total. The van der Waals surface area contributed by atoms with Gasteiger partial charge < -0.3 is 4.74 Å². The zero-order valence-corrected chi connectivity index (χ0v) is 13.0. The lowest BCUT2D eigenvalue weighted by atomic mass is 10.0. The highest BCUT2D eigenvalue weighted by Gasteiger charge is 2.25. The van der Waals surface area contributed by atoms with Crippen molar-refractivity contribution in [2.45, 2.75) is 32.0 Å². The van der Waals surface area contributed by atoms with Gasteiger partial charge in [0.2, 0.25) is 0 Å². The summed E-state index contributed by atoms with van der Waals surface area (Å²) in [7, 11) is 1.32. The minimum absolute atomic E-state index is 0.202. The molecule has 0 saturated carbocycles. The Hall–Kier alpha value is -2.28. The zero-order valence-electron chi connectivity index (χ0n) is 13.0. The molecule has 0 aliphatic carbocycles. The third-order valence-electron chi connectivity index (χ3n) is 4.12. The van der Waals surface area contributed by atoms with Crippen molar-refractivity contribution < 1.29 is 13.9 Å². The molecule has 1 aliphatic heterocycles. The van der Waals surface area contributed by atoms with E-state index in [9.17, 15) is 9.18 Å². The van der Waals surface area contributed by atoms with Crippen LogP contribution >= 0.6 is 0 Å². The second kappa shape index (κ2) is 6.87. The lowest BCUT2D eigenvalue weighted by molar-refractivity contribution is 0.0594. The number of methoxy groups -OCH3 is 1. The number of hydrogen-bond donors (Lipinski definition) is 0. The van der Waals surface area contributed by atoms with Gasteiger partial charge in [0.1, 0.15) is 5.82 Å². The fourth-order valence-electron chi connectivity index (χ4n) is 3.00. The zero-order chi connectivity index (χ0) is 16.2. The van der Waals surface area contributed by atoms with E-state index in [0.29, 0.717) is 12.7 Å². The molecule has 0 spiro atoms. The quantitative estimate of drug-likeness (QED) is 0.788. The number of hydrogen-bond acceptors (Lipinski definition) is 5. The third kappa shape index (κ3) is 3.73. The number of carbonyl (C=O) groups excluding carboxylic acids is 1. The average Bonchev–Trinajstić information content (AvgIpc) is 3.17. The van der Waals surface area contributed by atoms with E-state index in [1.54, 1.807) is 23.0 Å². The number of halogens is 1. The van der Waals surface area contributed by atoms with E-state index in [1.165, 1.54) is 13.2 Å². The topological polar surface area (TPSA) is 60.2 Å². The Balaban J connectivity index is 1.65. The van der Waals surface area contributed by atoms with Crippen LogP contribution in [0.2, 0.25) is 0 Å². The second-order valence-electron chi connectivity index (χ2n) is 5.72. The number of carbonyl (C=O) groups is 1. The summed E-state index contributed by atoms with van der Waals surface area (Å²) in [5.74, 6) is -0.694. The molecule has 7 heteroatoms. The van der Waals surface area contributed by atoms with Crippen LogP contribution in [0.3, 0.4) is 0 Å². The smallest absolute Gasteiger partial charge is 0.360 e. The summed E-state index contributed by atoms with van der Waals surface area (Å²) in [4.78, 5) is 13.7. The van der Waals surface area contributed by atoms with Crippen LogP contribution < -0.4 is 0 Å². The third-order valence-corrected chi connectivity index (χ3v) is 4.12. The molecular weight excluding hydrogens is 299 g/mol. The van der Waals surface area contributed by atoms with E-state index >= 15 is 0 Å². The summed E-state index contributed by atoms with van der Waals surface area (Å²) in [5, 5.41) is 7.78. The van der Waals surface area contributed by atoms with Gasteiger partial charge in [0.25, 0.3) is 0 Å². The van der Waals surface area contributed by atoms with Crippen LogP contribution in [-0.4, -0.2) is 45.6 Å². The van der Waals surface area contributed by atoms with Crippen LogP contribution in [0.15, 0.2) is 30.5 Å². The first-order valence-electron chi connectivity index (χ1n) is 7.62. The van der Waals surface area contributed by atoms with Gasteiger partial charge in [-0.1, -0.05) is 17.3 Å². The summed E-state index contributed by atoms with van der Waals surface area (Å²) in [5.41, 5.74) is 1.20. The van der Waals surface area contributed by atoms with Crippen molar-refractivity contribution in [3.63, 3.8) is 0 Å². The number of aromatic nitrogens is 3. The number of rotatable bonds is 5. The van der Waals surface area contributed by atoms with Gasteiger partial charge in [0.15, 0.2) is 5.69 Å². The van der Waals surface area contributed by atoms with Gasteiger partial charge in [-0.2, -0.15) is 0 Å². The lowest BCUT2D eigenvalue weighted by Crippen LogP contribution is -2.33. The van der Waals surface area contributed by atoms with E-state index in [-0.39, 0.29) is 11.5 Å². The number of nitrogens with zero attached hydrogens (tertiary/aromatic N) is 4. The van der Waals surface area contributed by atoms with Crippen LogP contribution in [0.25, 0.3) is 0 Å². The summed E-state index contributed by atoms with van der Waals surface area (Å²) < 4.78 is 19.6. The van der Waals surface area contributed by atoms with E-state index in [1.807, 2.05) is 6.07 Å². The maximum absolute atomic E-state index is 13.3. The molecular formula is C16H19FN4O2. The summed E-state index contributed by atoms with van der Waals surface area (Å²) >= 11 is 0. The Kier molecular flexibility index (Phi) is 4.66. The first kappa shape index (κ1) is 15.6. The summed E-state index contributed by atoms with van der Waals surface area (Å²) in [6, 6.07) is 7.07. The normalized spacial score (nSPS) is 18.3. The molecule has 2 heterocycles. The van der Waals surface area contributed by atoms with Crippen molar-refractivity contribution in [1.29, 1.82) is 0 Å². The number of benzene rings is 1. The monoisotopic (exact) mass is 318 g/mol. The standard InChI is InChI=1S/C16H19FN4O2/c1-23-16(22)15-10-21(19-18-15)11-20-7-3-6-14(20)9-12-4-2-5-13(17)8-12/h2,4-5,8,10,14H,3,6-7,9,11H2,1H3/t14-/m0/s1. The van der Waals surface area contributed by atoms with Gasteiger partial charge in [0.05, 0.1) is 20.0 Å². The highest BCUT2D eigenvalue weighted by atomic mass is 19.1.